The summed E-state index contributed by atoms with van der Waals surface area (Å²) in [6.45, 7) is 0. The van der Waals surface area contributed by atoms with E-state index < -0.39 is 5.41 Å². The summed E-state index contributed by atoms with van der Waals surface area (Å²) in [5.74, 6) is 0. The van der Waals surface area contributed by atoms with Crippen LogP contribution in [0.5, 0.6) is 0 Å². The van der Waals surface area contributed by atoms with Crippen molar-refractivity contribution >= 4 is 55.6 Å². The van der Waals surface area contributed by atoms with E-state index in [4.69, 9.17) is 0 Å². The Kier molecular flexibility index (Phi) is 7.76. The Hall–Kier alpha value is -8.20. The van der Waals surface area contributed by atoms with E-state index in [1.54, 1.807) is 0 Å². The minimum Gasteiger partial charge on any atom is -0.313 e. The van der Waals surface area contributed by atoms with Crippen LogP contribution in [-0.2, 0) is 11.8 Å². The van der Waals surface area contributed by atoms with E-state index in [1.165, 1.54) is 105 Å². The summed E-state index contributed by atoms with van der Waals surface area (Å²) in [6, 6.07) is 82.0. The maximum atomic E-state index is 2.54. The highest BCUT2D eigenvalue weighted by atomic mass is 15.1. The molecule has 0 N–H and O–H groups in total. The van der Waals surface area contributed by atoms with Gasteiger partial charge in [0.1, 0.15) is 0 Å². The molecule has 0 fully saturated rings. The lowest BCUT2D eigenvalue weighted by Crippen LogP contribution is -2.32. The molecule has 0 radical (unpaired) electrons. The lowest BCUT2D eigenvalue weighted by atomic mass is 9.61. The fourth-order valence-electron chi connectivity index (χ4n) is 12.0. The standard InChI is InChI=1S/C63H42N2/c1-3-17-42(18-4-1)49-26-15-30-57-62(49)54-37-35-47(39-58(54)63(57)55-28-11-9-24-50(55)53-27-13-20-43-21-14-29-56(63)61(43)53)64(46-33-32-41-16-7-8-19-44(41)38-46)48-34-36-52-51-25-10-12-31-59(51)65(60(52)40-48)45-22-5-2-6-23-45/h1-11,13-30,32-40H,12,31H2. The number of hydrogen-bond acceptors (Lipinski definition) is 1. The Bertz CT molecular complexity index is 3770. The summed E-state index contributed by atoms with van der Waals surface area (Å²) in [6.07, 6.45) is 6.72. The van der Waals surface area contributed by atoms with Crippen LogP contribution in [-0.4, -0.2) is 4.57 Å². The highest BCUT2D eigenvalue weighted by Gasteiger charge is 2.51. The molecular weight excluding hydrogens is 785 g/mol. The molecule has 0 amide bonds. The molecule has 0 saturated heterocycles. The molecule has 0 saturated carbocycles. The first-order valence-corrected chi connectivity index (χ1v) is 22.9. The molecule has 0 aliphatic heterocycles. The van der Waals surface area contributed by atoms with Crippen LogP contribution in [0, 0.1) is 0 Å². The number of nitrogens with zero attached hydrogens (tertiary/aromatic N) is 2. The van der Waals surface area contributed by atoms with Gasteiger partial charge in [0.2, 0.25) is 0 Å². The molecule has 1 heterocycles. The molecule has 304 valence electrons. The van der Waals surface area contributed by atoms with Gasteiger partial charge in [0.25, 0.3) is 0 Å². The normalized spacial score (nSPS) is 15.3. The van der Waals surface area contributed by atoms with Crippen molar-refractivity contribution in [1.82, 2.24) is 4.57 Å². The number of aromatic nitrogens is 1. The maximum absolute atomic E-state index is 2.54. The molecule has 1 spiro atoms. The number of allylic oxidation sites excluding steroid dienone is 1. The number of para-hydroxylation sites is 1. The van der Waals surface area contributed by atoms with Crippen molar-refractivity contribution in [3.05, 3.63) is 258 Å². The third kappa shape index (κ3) is 5.11. The lowest BCUT2D eigenvalue weighted by Gasteiger charge is -2.40. The fourth-order valence-corrected chi connectivity index (χ4v) is 12.0. The van der Waals surface area contributed by atoms with E-state index in [1.807, 2.05) is 0 Å². The van der Waals surface area contributed by atoms with Gasteiger partial charge in [-0.25, -0.2) is 0 Å². The summed E-state index contributed by atoms with van der Waals surface area (Å²) in [4.78, 5) is 2.50. The van der Waals surface area contributed by atoms with Gasteiger partial charge in [-0.05, 0) is 139 Å². The molecule has 11 aromatic rings. The Labute approximate surface area is 378 Å². The van der Waals surface area contributed by atoms with E-state index in [-0.39, 0.29) is 0 Å². The van der Waals surface area contributed by atoms with Gasteiger partial charge in [-0.2, -0.15) is 0 Å². The van der Waals surface area contributed by atoms with Crippen LogP contribution in [0.15, 0.2) is 224 Å². The second kappa shape index (κ2) is 13.9. The third-order valence-electron chi connectivity index (χ3n) is 14.6. The summed E-state index contributed by atoms with van der Waals surface area (Å²) >= 11 is 0. The van der Waals surface area contributed by atoms with Crippen molar-refractivity contribution in [3.8, 4) is 39.1 Å². The Balaban J connectivity index is 1.09. The molecule has 1 aromatic heterocycles. The highest BCUT2D eigenvalue weighted by molar-refractivity contribution is 6.08. The van der Waals surface area contributed by atoms with E-state index in [9.17, 15) is 0 Å². The minimum absolute atomic E-state index is 0.581. The van der Waals surface area contributed by atoms with Gasteiger partial charge < -0.3 is 9.47 Å². The summed E-state index contributed by atoms with van der Waals surface area (Å²) < 4.78 is 2.51. The van der Waals surface area contributed by atoms with Crippen molar-refractivity contribution in [3.63, 3.8) is 0 Å². The highest BCUT2D eigenvalue weighted by Crippen LogP contribution is 2.64. The van der Waals surface area contributed by atoms with Crippen LogP contribution in [0.1, 0.15) is 39.9 Å². The molecule has 14 rings (SSSR count). The molecule has 2 heteroatoms. The number of hydrogen-bond donors (Lipinski definition) is 0. The van der Waals surface area contributed by atoms with Crippen LogP contribution in [0.3, 0.4) is 0 Å². The van der Waals surface area contributed by atoms with Crippen LogP contribution in [0.25, 0.3) is 77.6 Å². The predicted molar refractivity (Wildman–Crippen MR) is 272 cm³/mol. The van der Waals surface area contributed by atoms with Crippen molar-refractivity contribution in [2.75, 3.05) is 4.90 Å². The second-order valence-electron chi connectivity index (χ2n) is 17.9. The zero-order valence-corrected chi connectivity index (χ0v) is 35.7. The smallest absolute Gasteiger partial charge is 0.0726 e. The van der Waals surface area contributed by atoms with E-state index in [2.05, 4.69) is 240 Å². The zero-order chi connectivity index (χ0) is 42.6. The number of rotatable bonds is 5. The topological polar surface area (TPSA) is 8.17 Å². The number of anilines is 3. The summed E-state index contributed by atoms with van der Waals surface area (Å²) in [5.41, 5.74) is 20.9. The molecular formula is C63H42N2. The zero-order valence-electron chi connectivity index (χ0n) is 35.7. The first-order valence-electron chi connectivity index (χ1n) is 22.9. The Morgan fingerprint density at radius 2 is 1.08 bits per heavy atom. The molecule has 65 heavy (non-hydrogen) atoms. The fraction of sp³-hybridized carbons (Fsp3) is 0.0476. The number of benzene rings is 10. The molecule has 1 atom stereocenters. The van der Waals surface area contributed by atoms with Gasteiger partial charge in [-0.15, -0.1) is 0 Å². The van der Waals surface area contributed by atoms with Crippen molar-refractivity contribution in [2.45, 2.75) is 18.3 Å². The summed E-state index contributed by atoms with van der Waals surface area (Å²) in [7, 11) is 0. The van der Waals surface area contributed by atoms with Gasteiger partial charge >= 0.3 is 0 Å². The van der Waals surface area contributed by atoms with E-state index >= 15 is 0 Å². The van der Waals surface area contributed by atoms with Crippen LogP contribution in [0.4, 0.5) is 17.1 Å². The average Bonchev–Trinajstić information content (AvgIpc) is 3.86. The van der Waals surface area contributed by atoms with E-state index in [0.29, 0.717) is 0 Å². The first kappa shape index (κ1) is 36.3. The monoisotopic (exact) mass is 826 g/mol. The largest absolute Gasteiger partial charge is 0.313 e. The SMILES string of the molecule is C1=Cc2c(n(-c3ccccc3)c3cc(N(c4ccc5c(c4)C4(c6ccccc6-c6cccc7cccc4c67)c4cccc(-c6ccccc6)c4-5)c4ccc5ccccc5c4)ccc23)CC1. The second-order valence-corrected chi connectivity index (χ2v) is 17.9. The van der Waals surface area contributed by atoms with Gasteiger partial charge in [-0.3, -0.25) is 0 Å². The van der Waals surface area contributed by atoms with Crippen LogP contribution >= 0.6 is 0 Å². The van der Waals surface area contributed by atoms with Crippen molar-refractivity contribution in [2.24, 2.45) is 0 Å². The minimum atomic E-state index is -0.581. The van der Waals surface area contributed by atoms with Crippen molar-refractivity contribution < 1.29 is 0 Å². The van der Waals surface area contributed by atoms with Gasteiger partial charge in [0, 0.05) is 39.4 Å². The quantitative estimate of drug-likeness (QED) is 0.168. The van der Waals surface area contributed by atoms with Crippen LogP contribution in [0.2, 0.25) is 0 Å². The van der Waals surface area contributed by atoms with Gasteiger partial charge in [-0.1, -0.05) is 182 Å². The van der Waals surface area contributed by atoms with Gasteiger partial charge in [0.05, 0.1) is 10.9 Å². The maximum Gasteiger partial charge on any atom is 0.0726 e. The molecule has 1 unspecified atom stereocenters. The molecule has 3 aliphatic rings. The first-order chi connectivity index (χ1) is 32.3. The van der Waals surface area contributed by atoms with Crippen LogP contribution < -0.4 is 4.90 Å². The number of fused-ring (bicyclic) bond motifs is 13. The van der Waals surface area contributed by atoms with Crippen molar-refractivity contribution in [1.29, 1.82) is 0 Å². The van der Waals surface area contributed by atoms with E-state index in [0.717, 1.165) is 29.9 Å². The van der Waals surface area contributed by atoms with Gasteiger partial charge in [0.15, 0.2) is 0 Å². The Morgan fingerprint density at radius 1 is 0.431 bits per heavy atom. The molecule has 10 aromatic carbocycles. The Morgan fingerprint density at radius 3 is 1.97 bits per heavy atom. The summed E-state index contributed by atoms with van der Waals surface area (Å²) in [5, 5.41) is 6.33. The molecule has 3 aliphatic carbocycles. The molecule has 2 nitrogen and oxygen atoms in total. The predicted octanol–water partition coefficient (Wildman–Crippen LogP) is 16.4. The third-order valence-corrected chi connectivity index (χ3v) is 14.6. The molecule has 0 bridgehead atoms. The lowest BCUT2D eigenvalue weighted by molar-refractivity contribution is 0.773. The average molecular weight is 827 g/mol.